The van der Waals surface area contributed by atoms with E-state index < -0.39 is 0 Å². The predicted octanol–water partition coefficient (Wildman–Crippen LogP) is 3.02. The Morgan fingerprint density at radius 3 is 2.48 bits per heavy atom. The van der Waals surface area contributed by atoms with Crippen LogP contribution < -0.4 is 16.8 Å². The number of aryl methyl sites for hydroxylation is 1. The Balaban J connectivity index is 0.00000210. The molecule has 1 aromatic heterocycles. The summed E-state index contributed by atoms with van der Waals surface area (Å²) >= 11 is 0. The second kappa shape index (κ2) is 11.1. The number of hydrogen-bond donors (Lipinski definition) is 3. The van der Waals surface area contributed by atoms with Crippen molar-refractivity contribution in [1.82, 2.24) is 14.9 Å². The van der Waals surface area contributed by atoms with E-state index in [-0.39, 0.29) is 42.6 Å². The minimum absolute atomic E-state index is 0. The molecule has 2 aromatic carbocycles. The van der Waals surface area contributed by atoms with Crippen molar-refractivity contribution in [2.24, 2.45) is 18.5 Å². The standard InChI is InChI=1S/C20H24FN5O.2ClH/c1-26-18-9-6-14(13-4-7-15(21)8-5-13)11-17(18)25-19(26)20(27)24-12-16(23)3-2-10-22;;/h4-9,11,16H,2-3,10,12,22-23H2,1H3,(H,24,27);2*1H/t16-;;/m1../s1. The quantitative estimate of drug-likeness (QED) is 0.524. The molecule has 9 heteroatoms. The monoisotopic (exact) mass is 441 g/mol. The van der Waals surface area contributed by atoms with Crippen LogP contribution in [0.2, 0.25) is 0 Å². The summed E-state index contributed by atoms with van der Waals surface area (Å²) in [6.07, 6.45) is 1.59. The normalized spacial score (nSPS) is 11.4. The first-order valence-corrected chi connectivity index (χ1v) is 8.96. The first kappa shape index (κ1) is 24.8. The van der Waals surface area contributed by atoms with E-state index in [9.17, 15) is 9.18 Å². The molecule has 158 valence electrons. The van der Waals surface area contributed by atoms with Gasteiger partial charge in [0, 0.05) is 19.6 Å². The van der Waals surface area contributed by atoms with Crippen molar-refractivity contribution < 1.29 is 9.18 Å². The number of nitrogens with zero attached hydrogens (tertiary/aromatic N) is 2. The van der Waals surface area contributed by atoms with Crippen LogP contribution in [0.15, 0.2) is 42.5 Å². The van der Waals surface area contributed by atoms with Crippen molar-refractivity contribution in [3.8, 4) is 11.1 Å². The lowest BCUT2D eigenvalue weighted by atomic mass is 10.1. The molecular weight excluding hydrogens is 416 g/mol. The Morgan fingerprint density at radius 2 is 1.83 bits per heavy atom. The third kappa shape index (κ3) is 5.90. The van der Waals surface area contributed by atoms with E-state index in [1.54, 1.807) is 23.7 Å². The summed E-state index contributed by atoms with van der Waals surface area (Å²) < 4.78 is 14.9. The lowest BCUT2D eigenvalue weighted by Crippen LogP contribution is -2.38. The number of carbonyl (C=O) groups excluding carboxylic acids is 1. The minimum Gasteiger partial charge on any atom is -0.348 e. The van der Waals surface area contributed by atoms with E-state index >= 15 is 0 Å². The lowest BCUT2D eigenvalue weighted by Gasteiger charge is -2.11. The molecule has 0 aliphatic heterocycles. The number of aromatic nitrogens is 2. The number of nitrogens with one attached hydrogen (secondary N) is 1. The Morgan fingerprint density at radius 1 is 1.17 bits per heavy atom. The van der Waals surface area contributed by atoms with Crippen LogP contribution >= 0.6 is 24.8 Å². The number of rotatable bonds is 7. The summed E-state index contributed by atoms with van der Waals surface area (Å²) in [4.78, 5) is 17.0. The molecule has 0 bridgehead atoms. The smallest absolute Gasteiger partial charge is 0.287 e. The van der Waals surface area contributed by atoms with Crippen LogP contribution in [0.5, 0.6) is 0 Å². The highest BCUT2D eigenvalue weighted by Gasteiger charge is 2.16. The molecule has 0 aliphatic carbocycles. The third-order valence-electron chi connectivity index (χ3n) is 4.57. The molecule has 0 fully saturated rings. The number of fused-ring (bicyclic) bond motifs is 1. The van der Waals surface area contributed by atoms with E-state index in [1.807, 2.05) is 18.2 Å². The molecule has 1 amide bonds. The Labute approximate surface area is 181 Å². The molecule has 0 radical (unpaired) electrons. The van der Waals surface area contributed by atoms with E-state index in [2.05, 4.69) is 10.3 Å². The van der Waals surface area contributed by atoms with E-state index in [1.165, 1.54) is 12.1 Å². The maximum atomic E-state index is 13.1. The summed E-state index contributed by atoms with van der Waals surface area (Å²) in [5.41, 5.74) is 14.8. The molecule has 29 heavy (non-hydrogen) atoms. The summed E-state index contributed by atoms with van der Waals surface area (Å²) in [5.74, 6) is -0.214. The van der Waals surface area contributed by atoms with E-state index in [0.717, 1.165) is 29.5 Å². The molecule has 1 atom stereocenters. The molecule has 3 rings (SSSR count). The molecule has 0 aliphatic rings. The van der Waals surface area contributed by atoms with Gasteiger partial charge < -0.3 is 21.4 Å². The fraction of sp³-hybridized carbons (Fsp3) is 0.300. The molecule has 3 aromatic rings. The van der Waals surface area contributed by atoms with Gasteiger partial charge >= 0.3 is 0 Å². The van der Waals surface area contributed by atoms with Gasteiger partial charge in [0.2, 0.25) is 0 Å². The summed E-state index contributed by atoms with van der Waals surface area (Å²) in [6.45, 7) is 0.964. The van der Waals surface area contributed by atoms with Gasteiger partial charge in [0.15, 0.2) is 5.82 Å². The van der Waals surface area contributed by atoms with Crippen molar-refractivity contribution in [2.45, 2.75) is 18.9 Å². The molecular formula is C20H26Cl2FN5O. The zero-order chi connectivity index (χ0) is 19.4. The van der Waals surface area contributed by atoms with Gasteiger partial charge in [-0.15, -0.1) is 24.8 Å². The molecule has 1 heterocycles. The molecule has 0 saturated heterocycles. The Hall–Kier alpha value is -2.19. The van der Waals surface area contributed by atoms with Crippen LogP contribution in [-0.4, -0.2) is 34.6 Å². The largest absolute Gasteiger partial charge is 0.348 e. The lowest BCUT2D eigenvalue weighted by molar-refractivity contribution is 0.0937. The van der Waals surface area contributed by atoms with Crippen LogP contribution in [0.3, 0.4) is 0 Å². The zero-order valence-electron chi connectivity index (χ0n) is 16.1. The van der Waals surface area contributed by atoms with Gasteiger partial charge in [0.1, 0.15) is 5.82 Å². The fourth-order valence-corrected chi connectivity index (χ4v) is 3.01. The predicted molar refractivity (Wildman–Crippen MR) is 119 cm³/mol. The van der Waals surface area contributed by atoms with Crippen molar-refractivity contribution >= 4 is 41.8 Å². The van der Waals surface area contributed by atoms with Crippen LogP contribution in [0.4, 0.5) is 4.39 Å². The molecule has 6 nitrogen and oxygen atoms in total. The Kier molecular flexibility index (Phi) is 9.52. The van der Waals surface area contributed by atoms with E-state index in [4.69, 9.17) is 11.5 Å². The number of halogens is 3. The second-order valence-corrected chi connectivity index (χ2v) is 6.61. The minimum atomic E-state index is -0.277. The van der Waals surface area contributed by atoms with Gasteiger partial charge in [-0.25, -0.2) is 9.37 Å². The first-order valence-electron chi connectivity index (χ1n) is 8.96. The van der Waals surface area contributed by atoms with Crippen LogP contribution in [-0.2, 0) is 7.05 Å². The number of carbonyl (C=O) groups is 1. The average Bonchev–Trinajstić information content (AvgIpc) is 3.01. The first-order chi connectivity index (χ1) is 13.0. The molecule has 0 spiro atoms. The summed E-state index contributed by atoms with van der Waals surface area (Å²) in [6, 6.07) is 11.9. The second-order valence-electron chi connectivity index (χ2n) is 6.61. The van der Waals surface area contributed by atoms with Crippen LogP contribution in [0, 0.1) is 5.82 Å². The molecule has 5 N–H and O–H groups in total. The van der Waals surface area contributed by atoms with Crippen molar-refractivity contribution in [2.75, 3.05) is 13.1 Å². The summed E-state index contributed by atoms with van der Waals surface area (Å²) in [7, 11) is 1.80. The highest BCUT2D eigenvalue weighted by atomic mass is 35.5. The number of imidazole rings is 1. The SMILES string of the molecule is Cl.Cl.Cn1c(C(=O)NC[C@H](N)CCCN)nc2cc(-c3ccc(F)cc3)ccc21. The van der Waals surface area contributed by atoms with Crippen molar-refractivity contribution in [1.29, 1.82) is 0 Å². The zero-order valence-corrected chi connectivity index (χ0v) is 17.7. The number of benzene rings is 2. The van der Waals surface area contributed by atoms with Crippen LogP contribution in [0.25, 0.3) is 22.2 Å². The maximum absolute atomic E-state index is 13.1. The van der Waals surface area contributed by atoms with E-state index in [0.29, 0.717) is 24.4 Å². The topological polar surface area (TPSA) is 99.0 Å². The van der Waals surface area contributed by atoms with Crippen molar-refractivity contribution in [3.63, 3.8) is 0 Å². The van der Waals surface area contributed by atoms with Gasteiger partial charge in [-0.1, -0.05) is 18.2 Å². The average molecular weight is 442 g/mol. The van der Waals surface area contributed by atoms with Gasteiger partial charge in [0.25, 0.3) is 5.91 Å². The van der Waals surface area contributed by atoms with Gasteiger partial charge in [0.05, 0.1) is 11.0 Å². The Bertz CT molecular complexity index is 946. The fourth-order valence-electron chi connectivity index (χ4n) is 3.01. The summed E-state index contributed by atoms with van der Waals surface area (Å²) in [5, 5.41) is 2.83. The van der Waals surface area contributed by atoms with Gasteiger partial charge in [-0.05, 0) is 54.8 Å². The molecule has 0 saturated carbocycles. The van der Waals surface area contributed by atoms with Gasteiger partial charge in [-0.2, -0.15) is 0 Å². The number of hydrogen-bond acceptors (Lipinski definition) is 4. The van der Waals surface area contributed by atoms with Gasteiger partial charge in [-0.3, -0.25) is 4.79 Å². The highest BCUT2D eigenvalue weighted by Crippen LogP contribution is 2.24. The highest BCUT2D eigenvalue weighted by molar-refractivity contribution is 5.95. The molecule has 0 unspecified atom stereocenters. The van der Waals surface area contributed by atoms with Crippen molar-refractivity contribution in [3.05, 3.63) is 54.1 Å². The van der Waals surface area contributed by atoms with Crippen LogP contribution in [0.1, 0.15) is 23.5 Å². The third-order valence-corrected chi connectivity index (χ3v) is 4.57. The number of amides is 1. The maximum Gasteiger partial charge on any atom is 0.287 e. The number of nitrogens with two attached hydrogens (primary N) is 2.